The molecule has 5 nitrogen and oxygen atoms in total. The number of benzene rings is 2. The quantitative estimate of drug-likeness (QED) is 0.847. The Kier molecular flexibility index (Phi) is 2.90. The van der Waals surface area contributed by atoms with Crippen LogP contribution in [0, 0.1) is 5.92 Å². The molecule has 2 aliphatic heterocycles. The topological polar surface area (TPSA) is 68.2 Å². The summed E-state index contributed by atoms with van der Waals surface area (Å²) < 4.78 is 16.4. The second kappa shape index (κ2) is 4.81. The summed E-state index contributed by atoms with van der Waals surface area (Å²) in [6.45, 7) is 2.08. The summed E-state index contributed by atoms with van der Waals surface area (Å²) in [6.07, 6.45) is -0.947. The lowest BCUT2D eigenvalue weighted by Crippen LogP contribution is -2.34. The molecule has 5 heteroatoms. The summed E-state index contributed by atoms with van der Waals surface area (Å²) in [6, 6.07) is 10.8. The number of phenols is 1. The molecular weight excluding hydrogens is 284 g/mol. The number of aromatic hydroxyl groups is 1. The second-order valence-electron chi connectivity index (χ2n) is 5.65. The van der Waals surface area contributed by atoms with E-state index >= 15 is 0 Å². The third-order valence-electron chi connectivity index (χ3n) is 4.34. The number of aliphatic hydroxyl groups is 1. The third kappa shape index (κ3) is 1.89. The van der Waals surface area contributed by atoms with E-state index in [9.17, 15) is 10.2 Å². The molecule has 2 aromatic rings. The molecule has 0 amide bonds. The molecule has 2 aromatic carbocycles. The van der Waals surface area contributed by atoms with Gasteiger partial charge in [0.15, 0.2) is 11.5 Å². The molecule has 0 aliphatic carbocycles. The Labute approximate surface area is 127 Å². The second-order valence-corrected chi connectivity index (χ2v) is 5.65. The Morgan fingerprint density at radius 1 is 1.00 bits per heavy atom. The lowest BCUT2D eigenvalue weighted by Gasteiger charge is -2.35. The van der Waals surface area contributed by atoms with Crippen molar-refractivity contribution in [1.82, 2.24) is 0 Å². The van der Waals surface area contributed by atoms with Gasteiger partial charge in [-0.1, -0.05) is 25.1 Å². The van der Waals surface area contributed by atoms with Crippen LogP contribution in [0.15, 0.2) is 36.4 Å². The minimum Gasteiger partial charge on any atom is -0.508 e. The monoisotopic (exact) mass is 300 g/mol. The van der Waals surface area contributed by atoms with E-state index in [4.69, 9.17) is 14.2 Å². The zero-order chi connectivity index (χ0) is 15.3. The Balaban J connectivity index is 1.90. The van der Waals surface area contributed by atoms with Crippen molar-refractivity contribution >= 4 is 0 Å². The smallest absolute Gasteiger partial charge is 0.231 e. The highest BCUT2D eigenvalue weighted by molar-refractivity contribution is 5.57. The highest BCUT2D eigenvalue weighted by atomic mass is 16.7. The lowest BCUT2D eigenvalue weighted by atomic mass is 9.78. The molecule has 2 aliphatic rings. The zero-order valence-corrected chi connectivity index (χ0v) is 12.0. The van der Waals surface area contributed by atoms with Crippen molar-refractivity contribution in [1.29, 1.82) is 0 Å². The van der Waals surface area contributed by atoms with Crippen LogP contribution in [0.25, 0.3) is 0 Å². The van der Waals surface area contributed by atoms with Crippen LogP contribution >= 0.6 is 0 Å². The first kappa shape index (κ1) is 13.3. The molecule has 114 valence electrons. The predicted molar refractivity (Wildman–Crippen MR) is 78.3 cm³/mol. The fourth-order valence-corrected chi connectivity index (χ4v) is 3.17. The van der Waals surface area contributed by atoms with E-state index in [2.05, 4.69) is 0 Å². The number of phenolic OH excluding ortho intramolecular Hbond substituents is 1. The van der Waals surface area contributed by atoms with Gasteiger partial charge < -0.3 is 24.4 Å². The summed E-state index contributed by atoms with van der Waals surface area (Å²) in [4.78, 5) is 0. The van der Waals surface area contributed by atoms with Gasteiger partial charge in [0.25, 0.3) is 0 Å². The van der Waals surface area contributed by atoms with Crippen molar-refractivity contribution in [2.45, 2.75) is 19.1 Å². The standard InChI is InChI=1S/C17H16O5/c1-9-16(10-4-2-3-5-12(10)18)11-6-14-15(21-8-20-14)7-13(11)22-17(9)19/h2-7,9,16-19H,8H2,1H3/t9-,16+,17+/m1/s1. The van der Waals surface area contributed by atoms with Gasteiger partial charge in [0.05, 0.1) is 0 Å². The molecule has 22 heavy (non-hydrogen) atoms. The maximum Gasteiger partial charge on any atom is 0.231 e. The average molecular weight is 300 g/mol. The van der Waals surface area contributed by atoms with Crippen molar-refractivity contribution in [3.63, 3.8) is 0 Å². The molecule has 0 unspecified atom stereocenters. The van der Waals surface area contributed by atoms with Crippen LogP contribution in [-0.2, 0) is 0 Å². The number of rotatable bonds is 1. The molecule has 4 rings (SSSR count). The van der Waals surface area contributed by atoms with Crippen LogP contribution in [0.3, 0.4) is 0 Å². The Bertz CT molecular complexity index is 727. The molecule has 0 fully saturated rings. The molecule has 0 saturated heterocycles. The van der Waals surface area contributed by atoms with Crippen molar-refractivity contribution in [2.24, 2.45) is 5.92 Å². The number of fused-ring (bicyclic) bond motifs is 2. The number of ether oxygens (including phenoxy) is 3. The first-order chi connectivity index (χ1) is 10.6. The van der Waals surface area contributed by atoms with E-state index in [0.29, 0.717) is 17.2 Å². The highest BCUT2D eigenvalue weighted by Crippen LogP contribution is 2.50. The van der Waals surface area contributed by atoms with Crippen LogP contribution in [-0.4, -0.2) is 23.3 Å². The lowest BCUT2D eigenvalue weighted by molar-refractivity contribution is -0.0730. The van der Waals surface area contributed by atoms with Gasteiger partial charge in [0.2, 0.25) is 13.1 Å². The zero-order valence-electron chi connectivity index (χ0n) is 12.0. The largest absolute Gasteiger partial charge is 0.508 e. The summed E-state index contributed by atoms with van der Waals surface area (Å²) >= 11 is 0. The predicted octanol–water partition coefficient (Wildman–Crippen LogP) is 2.60. The fourth-order valence-electron chi connectivity index (χ4n) is 3.17. The first-order valence-corrected chi connectivity index (χ1v) is 7.21. The molecule has 0 bridgehead atoms. The first-order valence-electron chi connectivity index (χ1n) is 7.21. The summed E-state index contributed by atoms with van der Waals surface area (Å²) in [7, 11) is 0. The van der Waals surface area contributed by atoms with Crippen LogP contribution in [0.5, 0.6) is 23.0 Å². The molecule has 0 spiro atoms. The molecule has 2 N–H and O–H groups in total. The van der Waals surface area contributed by atoms with Crippen molar-refractivity contribution in [3.8, 4) is 23.0 Å². The highest BCUT2D eigenvalue weighted by Gasteiger charge is 2.38. The van der Waals surface area contributed by atoms with Crippen LogP contribution in [0.2, 0.25) is 0 Å². The van der Waals surface area contributed by atoms with Crippen LogP contribution in [0.1, 0.15) is 24.0 Å². The molecule has 3 atom stereocenters. The van der Waals surface area contributed by atoms with E-state index in [1.807, 2.05) is 25.1 Å². The average Bonchev–Trinajstić information content (AvgIpc) is 2.95. The molecule has 2 heterocycles. The molecule has 0 saturated carbocycles. The minimum absolute atomic E-state index is 0.178. The molecule has 0 radical (unpaired) electrons. The van der Waals surface area contributed by atoms with Gasteiger partial charge in [-0.2, -0.15) is 0 Å². The van der Waals surface area contributed by atoms with Crippen LogP contribution in [0.4, 0.5) is 0 Å². The Hall–Kier alpha value is -2.40. The number of para-hydroxylation sites is 1. The number of hydrogen-bond donors (Lipinski definition) is 2. The van der Waals surface area contributed by atoms with Gasteiger partial charge in [-0.05, 0) is 12.1 Å². The van der Waals surface area contributed by atoms with Gasteiger partial charge >= 0.3 is 0 Å². The Morgan fingerprint density at radius 3 is 2.50 bits per heavy atom. The van der Waals surface area contributed by atoms with Crippen molar-refractivity contribution in [2.75, 3.05) is 6.79 Å². The maximum atomic E-state index is 10.2. The van der Waals surface area contributed by atoms with E-state index in [-0.39, 0.29) is 24.4 Å². The van der Waals surface area contributed by atoms with E-state index < -0.39 is 6.29 Å². The minimum atomic E-state index is -0.947. The van der Waals surface area contributed by atoms with Crippen LogP contribution < -0.4 is 14.2 Å². The van der Waals surface area contributed by atoms with Gasteiger partial charge in [0.1, 0.15) is 11.5 Å². The van der Waals surface area contributed by atoms with E-state index in [0.717, 1.165) is 11.1 Å². The van der Waals surface area contributed by atoms with Gasteiger partial charge in [-0.3, -0.25) is 0 Å². The third-order valence-corrected chi connectivity index (χ3v) is 4.34. The fraction of sp³-hybridized carbons (Fsp3) is 0.294. The van der Waals surface area contributed by atoms with Crippen molar-refractivity contribution < 1.29 is 24.4 Å². The molecule has 0 aromatic heterocycles. The van der Waals surface area contributed by atoms with E-state index in [1.165, 1.54) is 0 Å². The van der Waals surface area contributed by atoms with Gasteiger partial charge in [-0.25, -0.2) is 0 Å². The maximum absolute atomic E-state index is 10.2. The molecular formula is C17H16O5. The summed E-state index contributed by atoms with van der Waals surface area (Å²) in [5.74, 6) is 1.64. The summed E-state index contributed by atoms with van der Waals surface area (Å²) in [5, 5.41) is 20.4. The summed E-state index contributed by atoms with van der Waals surface area (Å²) in [5.41, 5.74) is 1.64. The van der Waals surface area contributed by atoms with Gasteiger partial charge in [-0.15, -0.1) is 0 Å². The SMILES string of the molecule is C[C@@H]1[C@@H](c2ccccc2O)c2cc3c(cc2O[C@@H]1O)OCO3. The number of hydrogen-bond acceptors (Lipinski definition) is 5. The normalized spacial score (nSPS) is 25.5. The van der Waals surface area contributed by atoms with Gasteiger partial charge in [0, 0.05) is 29.0 Å². The van der Waals surface area contributed by atoms with Crippen molar-refractivity contribution in [3.05, 3.63) is 47.5 Å². The Morgan fingerprint density at radius 2 is 1.73 bits per heavy atom. The van der Waals surface area contributed by atoms with E-state index in [1.54, 1.807) is 18.2 Å². The number of aliphatic hydroxyl groups excluding tert-OH is 1.